The number of ether oxygens (including phenoxy) is 2. The van der Waals surface area contributed by atoms with Gasteiger partial charge in [0.1, 0.15) is 11.1 Å². The first-order chi connectivity index (χ1) is 9.52. The van der Waals surface area contributed by atoms with Crippen molar-refractivity contribution in [1.82, 2.24) is 0 Å². The molecule has 2 heterocycles. The first-order valence-electron chi connectivity index (χ1n) is 6.73. The average molecular weight is 297 g/mol. The number of hydrogen-bond acceptors (Lipinski definition) is 5. The molecule has 2 unspecified atom stereocenters. The molecule has 1 aromatic rings. The van der Waals surface area contributed by atoms with E-state index in [0.29, 0.717) is 23.8 Å². The average Bonchev–Trinajstić information content (AvgIpc) is 2.96. The minimum atomic E-state index is -0.438. The summed E-state index contributed by atoms with van der Waals surface area (Å²) in [5.74, 6) is -0.406. The smallest absolute Gasteiger partial charge is 0.341 e. The van der Waals surface area contributed by atoms with Gasteiger partial charge < -0.3 is 14.8 Å². The molecule has 1 fully saturated rings. The van der Waals surface area contributed by atoms with E-state index >= 15 is 0 Å². The third kappa shape index (κ3) is 3.19. The van der Waals surface area contributed by atoms with Crippen molar-refractivity contribution < 1.29 is 19.1 Å². The number of hydrogen-bond donors (Lipinski definition) is 1. The van der Waals surface area contributed by atoms with Crippen molar-refractivity contribution >= 4 is 28.2 Å². The van der Waals surface area contributed by atoms with Gasteiger partial charge in [-0.3, -0.25) is 4.79 Å². The Morgan fingerprint density at radius 3 is 2.90 bits per heavy atom. The molecule has 0 aromatic carbocycles. The van der Waals surface area contributed by atoms with Crippen LogP contribution in [0.5, 0.6) is 0 Å². The molecule has 1 N–H and O–H groups in total. The van der Waals surface area contributed by atoms with E-state index in [1.54, 1.807) is 13.0 Å². The molecule has 1 aliphatic heterocycles. The number of thiophene rings is 1. The zero-order chi connectivity index (χ0) is 14.7. The van der Waals surface area contributed by atoms with Crippen LogP contribution in [0.2, 0.25) is 0 Å². The van der Waals surface area contributed by atoms with Crippen LogP contribution in [0.3, 0.4) is 0 Å². The fourth-order valence-electron chi connectivity index (χ4n) is 2.18. The molecular formula is C14H19NO4S. The number of nitrogens with one attached hydrogen (secondary N) is 1. The molecule has 2 rings (SSSR count). The normalized spacial score (nSPS) is 21.8. The second-order valence-electron chi connectivity index (χ2n) is 4.87. The predicted octanol–water partition coefficient (Wildman–Crippen LogP) is 2.60. The van der Waals surface area contributed by atoms with E-state index in [4.69, 9.17) is 9.47 Å². The third-order valence-electron chi connectivity index (χ3n) is 3.23. The maximum absolute atomic E-state index is 12.2. The van der Waals surface area contributed by atoms with Gasteiger partial charge in [-0.15, -0.1) is 11.3 Å². The van der Waals surface area contributed by atoms with Crippen LogP contribution in [-0.2, 0) is 14.3 Å². The summed E-state index contributed by atoms with van der Waals surface area (Å²) < 4.78 is 10.4. The first kappa shape index (κ1) is 15.0. The Kier molecular flexibility index (Phi) is 4.77. The number of carbonyl (C=O) groups excluding carboxylic acids is 2. The largest absolute Gasteiger partial charge is 0.462 e. The van der Waals surface area contributed by atoms with Gasteiger partial charge in [-0.1, -0.05) is 6.92 Å². The van der Waals surface area contributed by atoms with Crippen LogP contribution in [0.4, 0.5) is 5.00 Å². The second-order valence-corrected chi connectivity index (χ2v) is 6.12. The van der Waals surface area contributed by atoms with Gasteiger partial charge in [0.2, 0.25) is 0 Å². The summed E-state index contributed by atoms with van der Waals surface area (Å²) in [4.78, 5) is 25.0. The summed E-state index contributed by atoms with van der Waals surface area (Å²) >= 11 is 1.37. The Balaban J connectivity index is 2.12. The van der Waals surface area contributed by atoms with E-state index in [0.717, 1.165) is 11.3 Å². The molecule has 6 heteroatoms. The van der Waals surface area contributed by atoms with Gasteiger partial charge in [-0.25, -0.2) is 4.79 Å². The maximum Gasteiger partial charge on any atom is 0.341 e. The molecule has 0 saturated carbocycles. The van der Waals surface area contributed by atoms with Crippen molar-refractivity contribution in [3.63, 3.8) is 0 Å². The maximum atomic E-state index is 12.2. The van der Waals surface area contributed by atoms with Crippen LogP contribution >= 0.6 is 11.3 Å². The van der Waals surface area contributed by atoms with Crippen molar-refractivity contribution in [2.45, 2.75) is 33.3 Å². The minimum absolute atomic E-state index is 0.192. The van der Waals surface area contributed by atoms with Crippen LogP contribution in [0.15, 0.2) is 6.07 Å². The standard InChI is InChI=1S/C14H19NO4S/c1-4-18-14(17)10-7-9(3)20-13(10)15-12(16)11-8(2)5-6-19-11/h7-8,11H,4-6H2,1-3H3,(H,15,16). The van der Waals surface area contributed by atoms with E-state index in [2.05, 4.69) is 5.32 Å². The van der Waals surface area contributed by atoms with E-state index in [1.165, 1.54) is 11.3 Å². The summed E-state index contributed by atoms with van der Waals surface area (Å²) in [6, 6.07) is 1.73. The lowest BCUT2D eigenvalue weighted by Gasteiger charge is -2.14. The summed E-state index contributed by atoms with van der Waals surface area (Å²) in [6.45, 7) is 6.54. The Morgan fingerprint density at radius 2 is 2.30 bits per heavy atom. The van der Waals surface area contributed by atoms with Crippen LogP contribution in [0.25, 0.3) is 0 Å². The van der Waals surface area contributed by atoms with Crippen LogP contribution in [0, 0.1) is 12.8 Å². The highest BCUT2D eigenvalue weighted by Gasteiger charge is 2.32. The fourth-order valence-corrected chi connectivity index (χ4v) is 3.08. The summed E-state index contributed by atoms with van der Waals surface area (Å²) in [7, 11) is 0. The van der Waals surface area contributed by atoms with E-state index < -0.39 is 12.1 Å². The molecule has 0 bridgehead atoms. The number of rotatable bonds is 4. The van der Waals surface area contributed by atoms with Gasteiger partial charge in [0.15, 0.2) is 0 Å². The number of amides is 1. The highest BCUT2D eigenvalue weighted by atomic mass is 32.1. The lowest BCUT2D eigenvalue weighted by molar-refractivity contribution is -0.126. The van der Waals surface area contributed by atoms with Crippen molar-refractivity contribution in [1.29, 1.82) is 0 Å². The van der Waals surface area contributed by atoms with Crippen molar-refractivity contribution in [3.8, 4) is 0 Å². The molecule has 1 amide bonds. The Morgan fingerprint density at radius 1 is 1.55 bits per heavy atom. The lowest BCUT2D eigenvalue weighted by Crippen LogP contribution is -2.31. The van der Waals surface area contributed by atoms with Crippen molar-refractivity contribution in [2.24, 2.45) is 5.92 Å². The molecule has 1 aromatic heterocycles. The Labute approximate surface area is 122 Å². The van der Waals surface area contributed by atoms with E-state index in [-0.39, 0.29) is 11.8 Å². The molecule has 1 aliphatic rings. The molecule has 0 radical (unpaired) electrons. The summed E-state index contributed by atoms with van der Waals surface area (Å²) in [5.41, 5.74) is 0.411. The molecule has 0 aliphatic carbocycles. The summed E-state index contributed by atoms with van der Waals surface area (Å²) in [6.07, 6.45) is 0.444. The summed E-state index contributed by atoms with van der Waals surface area (Å²) in [5, 5.41) is 3.33. The number of esters is 1. The number of carbonyl (C=O) groups is 2. The molecule has 5 nitrogen and oxygen atoms in total. The molecule has 1 saturated heterocycles. The number of aryl methyl sites for hydroxylation is 1. The van der Waals surface area contributed by atoms with Gasteiger partial charge >= 0.3 is 5.97 Å². The molecular weight excluding hydrogens is 278 g/mol. The zero-order valence-corrected chi connectivity index (χ0v) is 12.7. The Bertz CT molecular complexity index is 511. The third-order valence-corrected chi connectivity index (χ3v) is 4.20. The highest BCUT2D eigenvalue weighted by molar-refractivity contribution is 7.16. The number of anilines is 1. The second kappa shape index (κ2) is 6.37. The van der Waals surface area contributed by atoms with Gasteiger partial charge in [0.25, 0.3) is 5.91 Å². The lowest BCUT2D eigenvalue weighted by atomic mass is 10.0. The monoisotopic (exact) mass is 297 g/mol. The van der Waals surface area contributed by atoms with Crippen LogP contribution in [0.1, 0.15) is 35.5 Å². The molecule has 2 atom stereocenters. The van der Waals surface area contributed by atoms with E-state index in [1.807, 2.05) is 13.8 Å². The fraction of sp³-hybridized carbons (Fsp3) is 0.571. The Hall–Kier alpha value is -1.40. The highest BCUT2D eigenvalue weighted by Crippen LogP contribution is 2.30. The van der Waals surface area contributed by atoms with Gasteiger partial charge in [0.05, 0.1) is 12.2 Å². The zero-order valence-electron chi connectivity index (χ0n) is 11.9. The van der Waals surface area contributed by atoms with Gasteiger partial charge in [-0.2, -0.15) is 0 Å². The predicted molar refractivity (Wildman–Crippen MR) is 77.2 cm³/mol. The quantitative estimate of drug-likeness (QED) is 0.868. The van der Waals surface area contributed by atoms with Crippen molar-refractivity contribution in [2.75, 3.05) is 18.5 Å². The van der Waals surface area contributed by atoms with E-state index in [9.17, 15) is 9.59 Å². The molecule has 20 heavy (non-hydrogen) atoms. The molecule has 0 spiro atoms. The minimum Gasteiger partial charge on any atom is -0.462 e. The van der Waals surface area contributed by atoms with Crippen LogP contribution < -0.4 is 5.32 Å². The first-order valence-corrected chi connectivity index (χ1v) is 7.54. The van der Waals surface area contributed by atoms with Gasteiger partial charge in [-0.05, 0) is 32.3 Å². The van der Waals surface area contributed by atoms with Crippen molar-refractivity contribution in [3.05, 3.63) is 16.5 Å². The van der Waals surface area contributed by atoms with Crippen LogP contribution in [-0.4, -0.2) is 31.2 Å². The topological polar surface area (TPSA) is 64.6 Å². The molecule has 110 valence electrons. The van der Waals surface area contributed by atoms with Gasteiger partial charge in [0, 0.05) is 11.5 Å². The SMILES string of the molecule is CCOC(=O)c1cc(C)sc1NC(=O)C1OCCC1C.